The van der Waals surface area contributed by atoms with Crippen LogP contribution in [0.3, 0.4) is 0 Å². The molecule has 0 bridgehead atoms. The Morgan fingerprint density at radius 1 is 1.28 bits per heavy atom. The molecule has 1 aliphatic rings. The van der Waals surface area contributed by atoms with Gasteiger partial charge in [0.25, 0.3) is 0 Å². The Hall–Kier alpha value is -0.460. The predicted octanol–water partition coefficient (Wildman–Crippen LogP) is 0.491. The number of methoxy groups -OCH3 is 1. The smallest absolute Gasteiger partial charge is 0.165 e. The van der Waals surface area contributed by atoms with Gasteiger partial charge in [0.1, 0.15) is 5.60 Å². The van der Waals surface area contributed by atoms with Crippen LogP contribution >= 0.6 is 0 Å². The summed E-state index contributed by atoms with van der Waals surface area (Å²) in [5, 5.41) is 0. The van der Waals surface area contributed by atoms with Gasteiger partial charge in [0.2, 0.25) is 0 Å². The van der Waals surface area contributed by atoms with E-state index in [4.69, 9.17) is 4.74 Å². The number of nitrogens with zero attached hydrogens (tertiary/aromatic N) is 1. The van der Waals surface area contributed by atoms with Gasteiger partial charge in [0, 0.05) is 26.6 Å². The standard InChI is InChI=1S/C12H23NO4S/c1-12(2,17-3)11(14)5-7-13-6-4-9-18(15,16)10-8-13/h4-10H2,1-3H3. The van der Waals surface area contributed by atoms with E-state index in [0.717, 1.165) is 6.54 Å². The van der Waals surface area contributed by atoms with Crippen molar-refractivity contribution in [3.63, 3.8) is 0 Å². The van der Waals surface area contributed by atoms with Gasteiger partial charge in [-0.25, -0.2) is 8.42 Å². The summed E-state index contributed by atoms with van der Waals surface area (Å²) in [6.45, 7) is 5.40. The minimum atomic E-state index is -2.88. The van der Waals surface area contributed by atoms with E-state index in [1.807, 2.05) is 4.90 Å². The number of rotatable bonds is 5. The maximum atomic E-state index is 11.9. The number of ether oxygens (including phenoxy) is 1. The molecular formula is C12H23NO4S. The maximum absolute atomic E-state index is 11.9. The first kappa shape index (κ1) is 15.6. The normalized spacial score (nSPS) is 21.5. The van der Waals surface area contributed by atoms with Crippen molar-refractivity contribution < 1.29 is 17.9 Å². The molecule has 0 amide bonds. The van der Waals surface area contributed by atoms with Crippen LogP contribution in [0.5, 0.6) is 0 Å². The molecule has 1 heterocycles. The first-order valence-electron chi connectivity index (χ1n) is 6.28. The minimum absolute atomic E-state index is 0.0529. The van der Waals surface area contributed by atoms with Gasteiger partial charge in [0.05, 0.1) is 11.5 Å². The highest BCUT2D eigenvalue weighted by Crippen LogP contribution is 2.13. The number of sulfone groups is 1. The van der Waals surface area contributed by atoms with Gasteiger partial charge in [-0.15, -0.1) is 0 Å². The molecule has 0 aromatic carbocycles. The molecule has 0 radical (unpaired) electrons. The molecule has 0 saturated carbocycles. The van der Waals surface area contributed by atoms with Crippen molar-refractivity contribution in [2.24, 2.45) is 0 Å². The average Bonchev–Trinajstić information content (AvgIpc) is 2.47. The van der Waals surface area contributed by atoms with Crippen LogP contribution in [0.2, 0.25) is 0 Å². The van der Waals surface area contributed by atoms with Gasteiger partial charge in [0.15, 0.2) is 15.6 Å². The van der Waals surface area contributed by atoms with E-state index >= 15 is 0 Å². The molecule has 0 aromatic heterocycles. The van der Waals surface area contributed by atoms with Gasteiger partial charge in [-0.05, 0) is 26.8 Å². The van der Waals surface area contributed by atoms with Gasteiger partial charge < -0.3 is 9.64 Å². The molecule has 1 rings (SSSR count). The first-order valence-corrected chi connectivity index (χ1v) is 8.10. The highest BCUT2D eigenvalue weighted by Gasteiger charge is 2.27. The van der Waals surface area contributed by atoms with Crippen LogP contribution in [0, 0.1) is 0 Å². The molecule has 0 aliphatic carbocycles. The number of ketones is 1. The zero-order chi connectivity index (χ0) is 13.8. The Balaban J connectivity index is 2.43. The SMILES string of the molecule is COC(C)(C)C(=O)CCN1CCCS(=O)(=O)CC1. The van der Waals surface area contributed by atoms with Gasteiger partial charge in [-0.1, -0.05) is 0 Å². The van der Waals surface area contributed by atoms with Crippen molar-refractivity contribution in [2.45, 2.75) is 32.3 Å². The summed E-state index contributed by atoms with van der Waals surface area (Å²) < 4.78 is 28.0. The third-order valence-corrected chi connectivity index (χ3v) is 5.20. The van der Waals surface area contributed by atoms with E-state index < -0.39 is 15.4 Å². The van der Waals surface area contributed by atoms with Crippen LogP contribution in [0.1, 0.15) is 26.7 Å². The molecule has 5 nitrogen and oxygen atoms in total. The lowest BCUT2D eigenvalue weighted by atomic mass is 10.0. The molecule has 6 heteroatoms. The maximum Gasteiger partial charge on any atom is 0.165 e. The van der Waals surface area contributed by atoms with Crippen LogP contribution in [-0.2, 0) is 19.4 Å². The number of carbonyl (C=O) groups is 1. The molecule has 1 saturated heterocycles. The van der Waals surface area contributed by atoms with E-state index in [9.17, 15) is 13.2 Å². The van der Waals surface area contributed by atoms with E-state index in [0.29, 0.717) is 25.9 Å². The molecule has 0 unspecified atom stereocenters. The molecule has 1 fully saturated rings. The van der Waals surface area contributed by atoms with Crippen LogP contribution in [0.15, 0.2) is 0 Å². The minimum Gasteiger partial charge on any atom is -0.371 e. The number of Topliss-reactive ketones (excluding diaryl/α,β-unsaturated/α-hetero) is 1. The molecule has 18 heavy (non-hydrogen) atoms. The van der Waals surface area contributed by atoms with Crippen molar-refractivity contribution in [3.8, 4) is 0 Å². The van der Waals surface area contributed by atoms with Crippen molar-refractivity contribution in [1.82, 2.24) is 4.90 Å². The summed E-state index contributed by atoms with van der Waals surface area (Å²) >= 11 is 0. The lowest BCUT2D eigenvalue weighted by molar-refractivity contribution is -0.137. The molecule has 106 valence electrons. The molecule has 0 spiro atoms. The van der Waals surface area contributed by atoms with Crippen molar-refractivity contribution >= 4 is 15.6 Å². The quantitative estimate of drug-likeness (QED) is 0.732. The fraction of sp³-hybridized carbons (Fsp3) is 0.917. The molecular weight excluding hydrogens is 254 g/mol. The highest BCUT2D eigenvalue weighted by atomic mass is 32.2. The predicted molar refractivity (Wildman–Crippen MR) is 70.4 cm³/mol. The largest absolute Gasteiger partial charge is 0.371 e. The van der Waals surface area contributed by atoms with Crippen molar-refractivity contribution in [2.75, 3.05) is 38.2 Å². The summed E-state index contributed by atoms with van der Waals surface area (Å²) in [7, 11) is -1.35. The summed E-state index contributed by atoms with van der Waals surface area (Å²) in [5.74, 6) is 0.521. The number of hydrogen-bond donors (Lipinski definition) is 0. The lowest BCUT2D eigenvalue weighted by Crippen LogP contribution is -2.37. The second kappa shape index (κ2) is 6.12. The summed E-state index contributed by atoms with van der Waals surface area (Å²) in [4.78, 5) is 13.9. The third-order valence-electron chi connectivity index (χ3n) is 3.49. The Labute approximate surface area is 109 Å². The average molecular weight is 277 g/mol. The molecule has 1 aliphatic heterocycles. The highest BCUT2D eigenvalue weighted by molar-refractivity contribution is 7.91. The second-order valence-electron chi connectivity index (χ2n) is 5.23. The fourth-order valence-electron chi connectivity index (χ4n) is 1.89. The molecule has 0 aromatic rings. The van der Waals surface area contributed by atoms with Gasteiger partial charge in [-0.2, -0.15) is 0 Å². The molecule has 0 atom stereocenters. The Morgan fingerprint density at radius 3 is 2.56 bits per heavy atom. The van der Waals surface area contributed by atoms with Crippen LogP contribution in [0.25, 0.3) is 0 Å². The van der Waals surface area contributed by atoms with E-state index in [-0.39, 0.29) is 17.3 Å². The number of hydrogen-bond acceptors (Lipinski definition) is 5. The monoisotopic (exact) mass is 277 g/mol. The second-order valence-corrected chi connectivity index (χ2v) is 7.54. The van der Waals surface area contributed by atoms with E-state index in [1.54, 1.807) is 13.8 Å². The summed E-state index contributed by atoms with van der Waals surface area (Å²) in [6.07, 6.45) is 1.06. The van der Waals surface area contributed by atoms with Crippen LogP contribution in [0.4, 0.5) is 0 Å². The topological polar surface area (TPSA) is 63.7 Å². The first-order chi connectivity index (χ1) is 8.27. The van der Waals surface area contributed by atoms with Gasteiger partial charge in [-0.3, -0.25) is 4.79 Å². The van der Waals surface area contributed by atoms with E-state index in [1.165, 1.54) is 7.11 Å². The molecule has 0 N–H and O–H groups in total. The number of carbonyl (C=O) groups excluding carboxylic acids is 1. The van der Waals surface area contributed by atoms with Crippen LogP contribution < -0.4 is 0 Å². The zero-order valence-corrected chi connectivity index (χ0v) is 12.3. The fourth-order valence-corrected chi connectivity index (χ4v) is 3.20. The van der Waals surface area contributed by atoms with Crippen molar-refractivity contribution in [1.29, 1.82) is 0 Å². The third kappa shape index (κ3) is 4.66. The lowest BCUT2D eigenvalue weighted by Gasteiger charge is -2.24. The van der Waals surface area contributed by atoms with Crippen molar-refractivity contribution in [3.05, 3.63) is 0 Å². The Kier molecular flexibility index (Phi) is 5.31. The summed E-state index contributed by atoms with van der Waals surface area (Å²) in [5.41, 5.74) is -0.752. The Morgan fingerprint density at radius 2 is 1.94 bits per heavy atom. The van der Waals surface area contributed by atoms with Crippen LogP contribution in [-0.4, -0.2) is 63.0 Å². The zero-order valence-electron chi connectivity index (χ0n) is 11.4. The summed E-state index contributed by atoms with van der Waals surface area (Å²) in [6, 6.07) is 0. The van der Waals surface area contributed by atoms with Gasteiger partial charge >= 0.3 is 0 Å². The Bertz CT molecular complexity index is 389. The van der Waals surface area contributed by atoms with E-state index in [2.05, 4.69) is 0 Å².